The molecule has 0 saturated heterocycles. The molecule has 0 aliphatic rings. The second kappa shape index (κ2) is 5.47. The van der Waals surface area contributed by atoms with Crippen LogP contribution in [-0.4, -0.2) is 4.98 Å². The van der Waals surface area contributed by atoms with Crippen LogP contribution in [-0.2, 0) is 19.4 Å². The van der Waals surface area contributed by atoms with Crippen molar-refractivity contribution in [3.05, 3.63) is 53.7 Å². The maximum atomic E-state index is 5.43. The molecule has 2 rings (SSSR count). The quantitative estimate of drug-likeness (QED) is 0.834. The molecule has 0 bridgehead atoms. The van der Waals surface area contributed by atoms with Gasteiger partial charge in [0, 0.05) is 6.42 Å². The van der Waals surface area contributed by atoms with E-state index in [1.165, 1.54) is 5.56 Å². The van der Waals surface area contributed by atoms with Gasteiger partial charge in [-0.05, 0) is 18.4 Å². The lowest BCUT2D eigenvalue weighted by atomic mass is 10.1. The molecule has 0 spiro atoms. The summed E-state index contributed by atoms with van der Waals surface area (Å²) in [4.78, 5) is 4.07. The van der Waals surface area contributed by atoms with Crippen LogP contribution in [0.4, 0.5) is 0 Å². The molecule has 1 aromatic heterocycles. The number of benzene rings is 1. The fourth-order valence-electron chi connectivity index (χ4n) is 1.67. The van der Waals surface area contributed by atoms with Gasteiger partial charge in [-0.15, -0.1) is 0 Å². The highest BCUT2D eigenvalue weighted by molar-refractivity contribution is 5.14. The van der Waals surface area contributed by atoms with Crippen LogP contribution < -0.4 is 5.73 Å². The maximum absolute atomic E-state index is 5.43. The molecule has 3 heteroatoms. The third-order valence-electron chi connectivity index (χ3n) is 2.51. The van der Waals surface area contributed by atoms with Crippen LogP contribution in [0.1, 0.15) is 23.6 Å². The topological polar surface area (TPSA) is 52.0 Å². The summed E-state index contributed by atoms with van der Waals surface area (Å²) >= 11 is 0. The van der Waals surface area contributed by atoms with Crippen molar-refractivity contribution in [2.45, 2.75) is 25.8 Å². The first kappa shape index (κ1) is 10.9. The van der Waals surface area contributed by atoms with Crippen molar-refractivity contribution in [3.63, 3.8) is 0 Å². The molecule has 3 nitrogen and oxygen atoms in total. The molecule has 0 radical (unpaired) electrons. The molecule has 0 saturated carbocycles. The van der Waals surface area contributed by atoms with Gasteiger partial charge in [-0.1, -0.05) is 30.3 Å². The minimum atomic E-state index is 0.374. The molecule has 0 unspecified atom stereocenters. The number of nitrogens with zero attached hydrogens (tertiary/aromatic N) is 1. The molecule has 0 atom stereocenters. The molecule has 0 fully saturated rings. The fourth-order valence-corrected chi connectivity index (χ4v) is 1.67. The Morgan fingerprint density at radius 2 is 1.94 bits per heavy atom. The Bertz CT molecular complexity index is 423. The average Bonchev–Trinajstić information content (AvgIpc) is 2.78. The minimum Gasteiger partial charge on any atom is -0.444 e. The van der Waals surface area contributed by atoms with Gasteiger partial charge in [-0.3, -0.25) is 0 Å². The van der Waals surface area contributed by atoms with E-state index < -0.39 is 0 Å². The molecular formula is C13H16N2O. The molecule has 0 aliphatic heterocycles. The SMILES string of the molecule is NCc1ncc(CCCc2ccccc2)o1. The number of hydrogen-bond acceptors (Lipinski definition) is 3. The molecule has 16 heavy (non-hydrogen) atoms. The van der Waals surface area contributed by atoms with Gasteiger partial charge in [-0.25, -0.2) is 4.98 Å². The molecule has 0 amide bonds. The van der Waals surface area contributed by atoms with Crippen LogP contribution in [0.25, 0.3) is 0 Å². The van der Waals surface area contributed by atoms with E-state index in [-0.39, 0.29) is 0 Å². The highest BCUT2D eigenvalue weighted by atomic mass is 16.4. The van der Waals surface area contributed by atoms with Crippen LogP contribution in [0.2, 0.25) is 0 Å². The molecule has 84 valence electrons. The van der Waals surface area contributed by atoms with Gasteiger partial charge in [0.15, 0.2) is 0 Å². The maximum Gasteiger partial charge on any atom is 0.208 e. The lowest BCUT2D eigenvalue weighted by Gasteiger charge is -1.98. The first-order valence-electron chi connectivity index (χ1n) is 5.56. The van der Waals surface area contributed by atoms with Crippen molar-refractivity contribution in [2.24, 2.45) is 5.73 Å². The lowest BCUT2D eigenvalue weighted by Crippen LogP contribution is -1.95. The lowest BCUT2D eigenvalue weighted by molar-refractivity contribution is 0.452. The molecule has 0 aliphatic carbocycles. The Labute approximate surface area is 95.3 Å². The minimum absolute atomic E-state index is 0.374. The largest absolute Gasteiger partial charge is 0.444 e. The van der Waals surface area contributed by atoms with E-state index >= 15 is 0 Å². The molecule has 1 heterocycles. The Morgan fingerprint density at radius 1 is 1.12 bits per heavy atom. The first-order valence-corrected chi connectivity index (χ1v) is 5.56. The zero-order valence-corrected chi connectivity index (χ0v) is 9.23. The highest BCUT2D eigenvalue weighted by Crippen LogP contribution is 2.09. The summed E-state index contributed by atoms with van der Waals surface area (Å²) in [6, 6.07) is 10.5. The van der Waals surface area contributed by atoms with Crippen molar-refractivity contribution in [3.8, 4) is 0 Å². The standard InChI is InChI=1S/C13H16N2O/c14-9-13-15-10-12(16-13)8-4-7-11-5-2-1-3-6-11/h1-3,5-6,10H,4,7-9,14H2. The summed E-state index contributed by atoms with van der Waals surface area (Å²) < 4.78 is 5.43. The van der Waals surface area contributed by atoms with E-state index in [1.807, 2.05) is 6.07 Å². The normalized spacial score (nSPS) is 10.6. The molecule has 1 aromatic carbocycles. The highest BCUT2D eigenvalue weighted by Gasteiger charge is 2.01. The zero-order valence-electron chi connectivity index (χ0n) is 9.23. The van der Waals surface area contributed by atoms with Crippen LogP contribution in [0.15, 0.2) is 40.9 Å². The summed E-state index contributed by atoms with van der Waals surface area (Å²) in [6.45, 7) is 0.374. The van der Waals surface area contributed by atoms with Gasteiger partial charge in [0.2, 0.25) is 5.89 Å². The van der Waals surface area contributed by atoms with Crippen molar-refractivity contribution >= 4 is 0 Å². The van der Waals surface area contributed by atoms with E-state index in [2.05, 4.69) is 29.2 Å². The van der Waals surface area contributed by atoms with Gasteiger partial charge in [0.05, 0.1) is 12.7 Å². The number of aromatic nitrogens is 1. The van der Waals surface area contributed by atoms with Crippen LogP contribution in [0.3, 0.4) is 0 Å². The van der Waals surface area contributed by atoms with Crippen LogP contribution in [0, 0.1) is 0 Å². The molecular weight excluding hydrogens is 200 g/mol. The predicted molar refractivity (Wildman–Crippen MR) is 62.9 cm³/mol. The summed E-state index contributed by atoms with van der Waals surface area (Å²) in [7, 11) is 0. The average molecular weight is 216 g/mol. The fraction of sp³-hybridized carbons (Fsp3) is 0.308. The van der Waals surface area contributed by atoms with E-state index in [1.54, 1.807) is 6.20 Å². The van der Waals surface area contributed by atoms with Crippen molar-refractivity contribution < 1.29 is 4.42 Å². The van der Waals surface area contributed by atoms with Crippen LogP contribution >= 0.6 is 0 Å². The van der Waals surface area contributed by atoms with E-state index in [0.29, 0.717) is 12.4 Å². The number of aryl methyl sites for hydroxylation is 2. The van der Waals surface area contributed by atoms with Gasteiger partial charge in [0.1, 0.15) is 5.76 Å². The van der Waals surface area contributed by atoms with Crippen molar-refractivity contribution in [1.29, 1.82) is 0 Å². The van der Waals surface area contributed by atoms with Gasteiger partial charge >= 0.3 is 0 Å². The summed E-state index contributed by atoms with van der Waals surface area (Å²) in [5.74, 6) is 1.55. The number of nitrogens with two attached hydrogens (primary N) is 1. The second-order valence-corrected chi connectivity index (χ2v) is 3.76. The van der Waals surface area contributed by atoms with Crippen molar-refractivity contribution in [2.75, 3.05) is 0 Å². The molecule has 2 aromatic rings. The number of oxazole rings is 1. The predicted octanol–water partition coefficient (Wildman–Crippen LogP) is 2.31. The first-order chi connectivity index (χ1) is 7.88. The number of rotatable bonds is 5. The van der Waals surface area contributed by atoms with Crippen molar-refractivity contribution in [1.82, 2.24) is 4.98 Å². The Balaban J connectivity index is 1.80. The third kappa shape index (κ3) is 2.94. The summed E-state index contributed by atoms with van der Waals surface area (Å²) in [5, 5.41) is 0. The van der Waals surface area contributed by atoms with Gasteiger partial charge in [0.25, 0.3) is 0 Å². The Hall–Kier alpha value is -1.61. The van der Waals surface area contributed by atoms with Gasteiger partial charge < -0.3 is 10.2 Å². The van der Waals surface area contributed by atoms with E-state index in [4.69, 9.17) is 10.2 Å². The third-order valence-corrected chi connectivity index (χ3v) is 2.51. The number of hydrogen-bond donors (Lipinski definition) is 1. The molecule has 2 N–H and O–H groups in total. The van der Waals surface area contributed by atoms with Gasteiger partial charge in [-0.2, -0.15) is 0 Å². The second-order valence-electron chi connectivity index (χ2n) is 3.76. The van der Waals surface area contributed by atoms with E-state index in [9.17, 15) is 0 Å². The Kier molecular flexibility index (Phi) is 3.72. The monoisotopic (exact) mass is 216 g/mol. The van der Waals surface area contributed by atoms with E-state index in [0.717, 1.165) is 25.0 Å². The Morgan fingerprint density at radius 3 is 2.62 bits per heavy atom. The summed E-state index contributed by atoms with van der Waals surface area (Å²) in [6.07, 6.45) is 4.83. The smallest absolute Gasteiger partial charge is 0.208 e. The zero-order chi connectivity index (χ0) is 11.2. The van der Waals surface area contributed by atoms with Crippen LogP contribution in [0.5, 0.6) is 0 Å². The summed E-state index contributed by atoms with van der Waals surface area (Å²) in [5.41, 5.74) is 6.79.